The number of ether oxygens (including phenoxy) is 1. The molecular weight excluding hydrogens is 548 g/mol. The summed E-state index contributed by atoms with van der Waals surface area (Å²) in [7, 11) is -2.05. The second kappa shape index (κ2) is 12.2. The van der Waals surface area contributed by atoms with Crippen molar-refractivity contribution < 1.29 is 26.7 Å². The molecule has 2 aliphatic heterocycles. The number of hydrogen-bond donors (Lipinski definition) is 1. The molecule has 0 unspecified atom stereocenters. The van der Waals surface area contributed by atoms with Crippen molar-refractivity contribution >= 4 is 21.4 Å². The van der Waals surface area contributed by atoms with E-state index in [1.165, 1.54) is 0 Å². The zero-order valence-electron chi connectivity index (χ0n) is 23.1. The molecule has 7 nitrogen and oxygen atoms in total. The van der Waals surface area contributed by atoms with Crippen molar-refractivity contribution in [1.29, 1.82) is 0 Å². The van der Waals surface area contributed by atoms with Crippen LogP contribution in [0.15, 0.2) is 70.5 Å². The van der Waals surface area contributed by atoms with Crippen LogP contribution in [0.4, 0.5) is 14.5 Å². The number of carbonyl (C=O) groups is 1. The van der Waals surface area contributed by atoms with Crippen molar-refractivity contribution in [3.8, 4) is 5.75 Å². The number of benzene rings is 3. The Labute approximate surface area is 239 Å². The number of piperidine rings is 2. The molecule has 2 N–H and O–H groups in total. The lowest BCUT2D eigenvalue weighted by molar-refractivity contribution is 0.0552. The first-order chi connectivity index (χ1) is 19.7. The zero-order valence-corrected chi connectivity index (χ0v) is 23.9. The van der Waals surface area contributed by atoms with Gasteiger partial charge in [0.05, 0.1) is 28.2 Å². The number of hydrogen-bond acceptors (Lipinski definition) is 6. The third-order valence-electron chi connectivity index (χ3n) is 8.37. The number of nitrogens with two attached hydrogens (primary N) is 1. The highest BCUT2D eigenvalue weighted by Crippen LogP contribution is 2.29. The number of likely N-dealkylation sites (tertiary alicyclic amines) is 2. The van der Waals surface area contributed by atoms with Gasteiger partial charge in [0.25, 0.3) is 5.91 Å². The SMILES string of the molecule is COc1ccc(S(=O)(=O)c2ccc(CC3CCN(C4CCN(C(=O)c5cc(F)cc(F)c5N)CC4)CC3)cc2)cc1. The lowest BCUT2D eigenvalue weighted by atomic mass is 9.88. The summed E-state index contributed by atoms with van der Waals surface area (Å²) in [5.41, 5.74) is 6.40. The van der Waals surface area contributed by atoms with Crippen LogP contribution in [-0.2, 0) is 16.3 Å². The van der Waals surface area contributed by atoms with Crippen molar-refractivity contribution in [2.75, 3.05) is 39.0 Å². The van der Waals surface area contributed by atoms with E-state index in [1.807, 2.05) is 12.1 Å². The molecule has 0 radical (unpaired) electrons. The van der Waals surface area contributed by atoms with E-state index >= 15 is 0 Å². The predicted molar refractivity (Wildman–Crippen MR) is 153 cm³/mol. The Bertz CT molecular complexity index is 1480. The van der Waals surface area contributed by atoms with E-state index < -0.39 is 27.4 Å². The second-order valence-corrected chi connectivity index (χ2v) is 12.8. The third-order valence-corrected chi connectivity index (χ3v) is 10.2. The van der Waals surface area contributed by atoms with Crippen LogP contribution in [0.2, 0.25) is 0 Å². The highest BCUT2D eigenvalue weighted by molar-refractivity contribution is 7.91. The van der Waals surface area contributed by atoms with Crippen LogP contribution in [0.25, 0.3) is 0 Å². The quantitative estimate of drug-likeness (QED) is 0.396. The molecule has 2 saturated heterocycles. The van der Waals surface area contributed by atoms with Gasteiger partial charge < -0.3 is 20.3 Å². The van der Waals surface area contributed by atoms with Gasteiger partial charge in [0.2, 0.25) is 9.84 Å². The molecule has 0 aliphatic carbocycles. The smallest absolute Gasteiger partial charge is 0.256 e. The second-order valence-electron chi connectivity index (χ2n) is 10.9. The summed E-state index contributed by atoms with van der Waals surface area (Å²) in [6, 6.07) is 15.6. The molecule has 10 heteroatoms. The van der Waals surface area contributed by atoms with Gasteiger partial charge in [0.15, 0.2) is 0 Å². The van der Waals surface area contributed by atoms with Gasteiger partial charge in [0, 0.05) is 25.2 Å². The fraction of sp³-hybridized carbons (Fsp3) is 0.387. The third kappa shape index (κ3) is 6.38. The van der Waals surface area contributed by atoms with Crippen molar-refractivity contribution in [1.82, 2.24) is 9.80 Å². The molecule has 3 aromatic rings. The van der Waals surface area contributed by atoms with Crippen LogP contribution in [0.1, 0.15) is 41.6 Å². The van der Waals surface area contributed by atoms with Crippen LogP contribution in [0, 0.1) is 17.6 Å². The number of rotatable bonds is 7. The molecule has 0 spiro atoms. The number of nitrogen functional groups attached to an aromatic ring is 1. The summed E-state index contributed by atoms with van der Waals surface area (Å²) in [6.07, 6.45) is 4.60. The number of amides is 1. The van der Waals surface area contributed by atoms with Gasteiger partial charge in [-0.05, 0) is 99.1 Å². The maximum atomic E-state index is 13.8. The number of anilines is 1. The summed E-state index contributed by atoms with van der Waals surface area (Å²) >= 11 is 0. The summed E-state index contributed by atoms with van der Waals surface area (Å²) < 4.78 is 58.6. The maximum Gasteiger partial charge on any atom is 0.256 e. The van der Waals surface area contributed by atoms with Crippen LogP contribution in [-0.4, -0.2) is 63.5 Å². The Balaban J connectivity index is 1.10. The Morgan fingerprint density at radius 3 is 2.07 bits per heavy atom. The Hall–Kier alpha value is -3.50. The minimum atomic E-state index is -3.59. The summed E-state index contributed by atoms with van der Waals surface area (Å²) in [5.74, 6) is -1.04. The number of carbonyl (C=O) groups excluding carboxylic acids is 1. The van der Waals surface area contributed by atoms with Gasteiger partial charge in [-0.15, -0.1) is 0 Å². The van der Waals surface area contributed by atoms with E-state index in [9.17, 15) is 22.0 Å². The molecule has 2 heterocycles. The average Bonchev–Trinajstić information content (AvgIpc) is 2.99. The van der Waals surface area contributed by atoms with Gasteiger partial charge in [-0.25, -0.2) is 17.2 Å². The molecule has 5 rings (SSSR count). The Morgan fingerprint density at radius 1 is 0.902 bits per heavy atom. The average molecular weight is 584 g/mol. The van der Waals surface area contributed by atoms with Crippen molar-refractivity contribution in [3.05, 3.63) is 83.4 Å². The lowest BCUT2D eigenvalue weighted by Crippen LogP contribution is -2.49. The molecule has 218 valence electrons. The molecule has 0 atom stereocenters. The minimum absolute atomic E-state index is 0.117. The fourth-order valence-electron chi connectivity index (χ4n) is 5.92. The molecule has 41 heavy (non-hydrogen) atoms. The minimum Gasteiger partial charge on any atom is -0.497 e. The lowest BCUT2D eigenvalue weighted by Gasteiger charge is -2.42. The van der Waals surface area contributed by atoms with Gasteiger partial charge in [0.1, 0.15) is 17.4 Å². The van der Waals surface area contributed by atoms with Crippen LogP contribution >= 0.6 is 0 Å². The molecule has 2 aliphatic rings. The van der Waals surface area contributed by atoms with E-state index in [-0.39, 0.29) is 21.0 Å². The van der Waals surface area contributed by atoms with Crippen LogP contribution in [0.3, 0.4) is 0 Å². The van der Waals surface area contributed by atoms with E-state index in [1.54, 1.807) is 48.4 Å². The van der Waals surface area contributed by atoms with Crippen molar-refractivity contribution in [2.45, 2.75) is 47.9 Å². The van der Waals surface area contributed by atoms with Crippen LogP contribution in [0.5, 0.6) is 5.75 Å². The highest BCUT2D eigenvalue weighted by atomic mass is 32.2. The number of sulfone groups is 1. The summed E-state index contributed by atoms with van der Waals surface area (Å²) in [5, 5.41) is 0. The normalized spacial score (nSPS) is 17.5. The summed E-state index contributed by atoms with van der Waals surface area (Å²) in [4.78, 5) is 17.5. The Kier molecular flexibility index (Phi) is 8.60. The number of halogens is 2. The Morgan fingerprint density at radius 2 is 1.49 bits per heavy atom. The predicted octanol–water partition coefficient (Wildman–Crippen LogP) is 4.95. The molecule has 0 saturated carbocycles. The van der Waals surface area contributed by atoms with Gasteiger partial charge in [-0.3, -0.25) is 4.79 Å². The summed E-state index contributed by atoms with van der Waals surface area (Å²) in [6.45, 7) is 2.98. The molecule has 0 bridgehead atoms. The van der Waals surface area contributed by atoms with Crippen molar-refractivity contribution in [3.63, 3.8) is 0 Å². The maximum absolute atomic E-state index is 13.8. The molecular formula is C31H35F2N3O4S. The molecule has 1 amide bonds. The van der Waals surface area contributed by atoms with E-state index in [0.29, 0.717) is 36.9 Å². The van der Waals surface area contributed by atoms with E-state index in [4.69, 9.17) is 10.5 Å². The zero-order chi connectivity index (χ0) is 29.1. The molecule has 3 aromatic carbocycles. The first-order valence-corrected chi connectivity index (χ1v) is 15.4. The largest absolute Gasteiger partial charge is 0.497 e. The van der Waals surface area contributed by atoms with Gasteiger partial charge in [-0.2, -0.15) is 0 Å². The van der Waals surface area contributed by atoms with Gasteiger partial charge >= 0.3 is 0 Å². The first-order valence-electron chi connectivity index (χ1n) is 13.9. The molecule has 2 fully saturated rings. The fourth-order valence-corrected chi connectivity index (χ4v) is 7.18. The van der Waals surface area contributed by atoms with E-state index in [2.05, 4.69) is 4.90 Å². The standard InChI is InChI=1S/C31H35F2N3O4S/c1-40-25-4-8-27(9-5-25)41(38,39)26-6-2-21(3-7-26)18-22-10-14-35(15-11-22)24-12-16-36(17-13-24)31(37)28-19-23(32)20-29(33)30(28)34/h2-9,19-20,22,24H,10-18,34H2,1H3. The monoisotopic (exact) mass is 583 g/mol. The van der Waals surface area contributed by atoms with Gasteiger partial charge in [-0.1, -0.05) is 12.1 Å². The highest BCUT2D eigenvalue weighted by Gasteiger charge is 2.31. The molecule has 0 aromatic heterocycles. The number of nitrogens with zero attached hydrogens (tertiary/aromatic N) is 2. The topological polar surface area (TPSA) is 92.9 Å². The van der Waals surface area contributed by atoms with Crippen LogP contribution < -0.4 is 10.5 Å². The number of methoxy groups -OCH3 is 1. The van der Waals surface area contributed by atoms with Crippen molar-refractivity contribution in [2.24, 2.45) is 5.92 Å². The first kappa shape index (κ1) is 29.0. The van der Waals surface area contributed by atoms with E-state index in [0.717, 1.165) is 56.8 Å².